The maximum absolute atomic E-state index is 5.56. The maximum atomic E-state index is 5.56. The van der Waals surface area contributed by atoms with Crippen molar-refractivity contribution in [2.24, 2.45) is 5.84 Å². The molecular formula is C12H21N5S. The van der Waals surface area contributed by atoms with E-state index in [4.69, 9.17) is 5.84 Å². The molecule has 0 bridgehead atoms. The quantitative estimate of drug-likeness (QED) is 0.643. The van der Waals surface area contributed by atoms with Gasteiger partial charge < -0.3 is 10.3 Å². The minimum absolute atomic E-state index is 0.342. The van der Waals surface area contributed by atoms with Crippen molar-refractivity contribution in [2.75, 3.05) is 28.4 Å². The lowest BCUT2D eigenvalue weighted by atomic mass is 10.0. The van der Waals surface area contributed by atoms with Crippen LogP contribution in [0.1, 0.15) is 32.3 Å². The lowest BCUT2D eigenvalue weighted by Crippen LogP contribution is -2.41. The van der Waals surface area contributed by atoms with E-state index in [1.165, 1.54) is 0 Å². The maximum Gasteiger partial charge on any atom is 0.148 e. The fraction of sp³-hybridized carbons (Fsp3) is 0.667. The summed E-state index contributed by atoms with van der Waals surface area (Å²) in [6, 6.07) is 0.502. The first-order valence-corrected chi connectivity index (χ1v) is 7.46. The van der Waals surface area contributed by atoms with Gasteiger partial charge in [0.25, 0.3) is 0 Å². The molecule has 2 rings (SSSR count). The van der Waals surface area contributed by atoms with Gasteiger partial charge in [0.2, 0.25) is 0 Å². The van der Waals surface area contributed by atoms with Crippen LogP contribution in [0.4, 0.5) is 11.6 Å². The number of hydrogen-bond donors (Lipinski definition) is 2. The van der Waals surface area contributed by atoms with Crippen molar-refractivity contribution in [3.05, 3.63) is 11.9 Å². The standard InChI is InChI=1S/C12H21N5S/c1-8(2)10-11(16-13)14-7-15-12(10)17-4-5-18-6-9(17)3/h7-9H,4-6,13H2,1-3H3,(H,14,15,16). The zero-order chi connectivity index (χ0) is 13.1. The van der Waals surface area contributed by atoms with Gasteiger partial charge in [-0.3, -0.25) is 0 Å². The van der Waals surface area contributed by atoms with Gasteiger partial charge in [-0.05, 0) is 12.8 Å². The average molecular weight is 267 g/mol. The smallest absolute Gasteiger partial charge is 0.148 e. The molecule has 1 aliphatic rings. The van der Waals surface area contributed by atoms with Gasteiger partial charge in [0.05, 0.1) is 0 Å². The van der Waals surface area contributed by atoms with Crippen molar-refractivity contribution < 1.29 is 0 Å². The van der Waals surface area contributed by atoms with Crippen LogP contribution in [0.2, 0.25) is 0 Å². The van der Waals surface area contributed by atoms with Crippen LogP contribution >= 0.6 is 11.8 Å². The molecule has 5 nitrogen and oxygen atoms in total. The summed E-state index contributed by atoms with van der Waals surface area (Å²) in [5.74, 6) is 9.96. The van der Waals surface area contributed by atoms with E-state index in [0.717, 1.165) is 35.2 Å². The van der Waals surface area contributed by atoms with Gasteiger partial charge in [-0.25, -0.2) is 15.8 Å². The molecule has 1 fully saturated rings. The Hall–Kier alpha value is -1.01. The molecule has 0 radical (unpaired) electrons. The second-order valence-electron chi connectivity index (χ2n) is 4.88. The number of rotatable bonds is 3. The van der Waals surface area contributed by atoms with E-state index in [2.05, 4.69) is 41.1 Å². The molecule has 1 aromatic heterocycles. The first-order chi connectivity index (χ1) is 8.65. The van der Waals surface area contributed by atoms with Crippen LogP contribution in [-0.2, 0) is 0 Å². The van der Waals surface area contributed by atoms with Gasteiger partial charge in [-0.2, -0.15) is 11.8 Å². The summed E-state index contributed by atoms with van der Waals surface area (Å²) in [7, 11) is 0. The van der Waals surface area contributed by atoms with Gasteiger partial charge in [-0.1, -0.05) is 13.8 Å². The summed E-state index contributed by atoms with van der Waals surface area (Å²) in [4.78, 5) is 11.1. The number of nitrogens with one attached hydrogen (secondary N) is 1. The predicted molar refractivity (Wildman–Crippen MR) is 78.1 cm³/mol. The molecule has 1 aromatic rings. The normalized spacial score (nSPS) is 20.3. The molecule has 0 aliphatic carbocycles. The van der Waals surface area contributed by atoms with Crippen molar-refractivity contribution >= 4 is 23.4 Å². The summed E-state index contributed by atoms with van der Waals surface area (Å²) in [5.41, 5.74) is 3.80. The van der Waals surface area contributed by atoms with Crippen molar-refractivity contribution in [3.8, 4) is 0 Å². The Kier molecular flexibility index (Phi) is 4.29. The Morgan fingerprint density at radius 3 is 2.89 bits per heavy atom. The number of aromatic nitrogens is 2. The topological polar surface area (TPSA) is 67.1 Å². The molecule has 0 saturated carbocycles. The first-order valence-electron chi connectivity index (χ1n) is 6.31. The average Bonchev–Trinajstić information content (AvgIpc) is 2.38. The molecule has 1 saturated heterocycles. The highest BCUT2D eigenvalue weighted by molar-refractivity contribution is 7.99. The summed E-state index contributed by atoms with van der Waals surface area (Å²) in [5, 5.41) is 0. The number of hydrogen-bond acceptors (Lipinski definition) is 6. The predicted octanol–water partition coefficient (Wildman–Crippen LogP) is 1.83. The number of nitrogens with two attached hydrogens (primary N) is 1. The lowest BCUT2D eigenvalue weighted by Gasteiger charge is -2.36. The monoisotopic (exact) mass is 267 g/mol. The van der Waals surface area contributed by atoms with Crippen LogP contribution in [0.25, 0.3) is 0 Å². The molecule has 1 aliphatic heterocycles. The first kappa shape index (κ1) is 13.4. The van der Waals surface area contributed by atoms with Crippen LogP contribution in [-0.4, -0.2) is 34.1 Å². The second kappa shape index (κ2) is 5.75. The fourth-order valence-electron chi connectivity index (χ4n) is 2.30. The SMILES string of the molecule is CC(C)c1c(NN)ncnc1N1CCSCC1C. The molecule has 1 atom stereocenters. The molecule has 1 unspecified atom stereocenters. The van der Waals surface area contributed by atoms with Crippen molar-refractivity contribution in [2.45, 2.75) is 32.7 Å². The minimum atomic E-state index is 0.342. The highest BCUT2D eigenvalue weighted by Gasteiger charge is 2.25. The number of nitrogen functional groups attached to an aromatic ring is 1. The van der Waals surface area contributed by atoms with Crippen LogP contribution in [0.5, 0.6) is 0 Å². The van der Waals surface area contributed by atoms with Gasteiger partial charge >= 0.3 is 0 Å². The van der Waals surface area contributed by atoms with E-state index in [1.807, 2.05) is 11.8 Å². The summed E-state index contributed by atoms with van der Waals surface area (Å²) in [6.07, 6.45) is 1.59. The van der Waals surface area contributed by atoms with Crippen molar-refractivity contribution in [1.82, 2.24) is 9.97 Å². The van der Waals surface area contributed by atoms with E-state index in [9.17, 15) is 0 Å². The van der Waals surface area contributed by atoms with Gasteiger partial charge in [0.1, 0.15) is 18.0 Å². The molecule has 18 heavy (non-hydrogen) atoms. The number of anilines is 2. The molecule has 2 heterocycles. The minimum Gasteiger partial charge on any atom is -0.352 e. The molecular weight excluding hydrogens is 246 g/mol. The Labute approximate surface area is 113 Å². The van der Waals surface area contributed by atoms with E-state index < -0.39 is 0 Å². The van der Waals surface area contributed by atoms with Crippen LogP contribution in [0, 0.1) is 0 Å². The van der Waals surface area contributed by atoms with Crippen LogP contribution in [0.15, 0.2) is 6.33 Å². The summed E-state index contributed by atoms with van der Waals surface area (Å²) in [6.45, 7) is 7.57. The van der Waals surface area contributed by atoms with E-state index in [-0.39, 0.29) is 0 Å². The van der Waals surface area contributed by atoms with Crippen LogP contribution < -0.4 is 16.2 Å². The lowest BCUT2D eigenvalue weighted by molar-refractivity contribution is 0.677. The Balaban J connectivity index is 2.42. The molecule has 0 aromatic carbocycles. The molecule has 100 valence electrons. The zero-order valence-electron chi connectivity index (χ0n) is 11.2. The molecule has 0 spiro atoms. The van der Waals surface area contributed by atoms with E-state index in [1.54, 1.807) is 6.33 Å². The molecule has 6 heteroatoms. The number of hydrazine groups is 1. The van der Waals surface area contributed by atoms with Crippen molar-refractivity contribution in [3.63, 3.8) is 0 Å². The Morgan fingerprint density at radius 1 is 1.50 bits per heavy atom. The van der Waals surface area contributed by atoms with Gasteiger partial charge in [0.15, 0.2) is 0 Å². The third-order valence-electron chi connectivity index (χ3n) is 3.22. The number of thioether (sulfide) groups is 1. The highest BCUT2D eigenvalue weighted by atomic mass is 32.2. The van der Waals surface area contributed by atoms with Gasteiger partial charge in [0, 0.05) is 29.7 Å². The summed E-state index contributed by atoms with van der Waals surface area (Å²) < 4.78 is 0. The largest absolute Gasteiger partial charge is 0.352 e. The summed E-state index contributed by atoms with van der Waals surface area (Å²) >= 11 is 2.00. The Morgan fingerprint density at radius 2 is 2.28 bits per heavy atom. The number of nitrogens with zero attached hydrogens (tertiary/aromatic N) is 3. The third-order valence-corrected chi connectivity index (χ3v) is 4.41. The molecule has 0 amide bonds. The second-order valence-corrected chi connectivity index (χ2v) is 6.03. The van der Waals surface area contributed by atoms with E-state index in [0.29, 0.717) is 12.0 Å². The molecule has 3 N–H and O–H groups in total. The van der Waals surface area contributed by atoms with Gasteiger partial charge in [-0.15, -0.1) is 0 Å². The van der Waals surface area contributed by atoms with Crippen LogP contribution in [0.3, 0.4) is 0 Å². The Bertz CT molecular complexity index is 409. The fourth-order valence-corrected chi connectivity index (χ4v) is 3.32. The van der Waals surface area contributed by atoms with E-state index >= 15 is 0 Å². The third kappa shape index (κ3) is 2.54. The zero-order valence-corrected chi connectivity index (χ0v) is 12.0. The highest BCUT2D eigenvalue weighted by Crippen LogP contribution is 2.33. The van der Waals surface area contributed by atoms with Crippen molar-refractivity contribution in [1.29, 1.82) is 0 Å².